The van der Waals surface area contributed by atoms with Gasteiger partial charge >= 0.3 is 0 Å². The number of aliphatic hydroxyl groups excluding tert-OH is 1. The first kappa shape index (κ1) is 11.9. The van der Waals surface area contributed by atoms with Crippen LogP contribution in [-0.4, -0.2) is 30.6 Å². The topological polar surface area (TPSA) is 52.6 Å². The molecule has 0 aromatic heterocycles. The Morgan fingerprint density at radius 2 is 2.12 bits per heavy atom. The number of aliphatic hydroxyl groups is 1. The van der Waals surface area contributed by atoms with Crippen molar-refractivity contribution in [2.45, 2.75) is 19.4 Å². The van der Waals surface area contributed by atoms with Gasteiger partial charge in [-0.25, -0.2) is 0 Å². The van der Waals surface area contributed by atoms with Crippen LogP contribution < -0.4 is 10.2 Å². The average molecular weight is 234 g/mol. The van der Waals surface area contributed by atoms with Crippen molar-refractivity contribution in [1.29, 1.82) is 0 Å². The molecular formula is C13H18N2O2. The second-order valence-corrected chi connectivity index (χ2v) is 4.29. The number of benzene rings is 1. The summed E-state index contributed by atoms with van der Waals surface area (Å²) in [7, 11) is 0. The minimum Gasteiger partial charge on any atom is -0.388 e. The molecule has 0 spiro atoms. The van der Waals surface area contributed by atoms with E-state index in [-0.39, 0.29) is 5.91 Å². The molecule has 1 heterocycles. The van der Waals surface area contributed by atoms with E-state index >= 15 is 0 Å². The molecule has 92 valence electrons. The number of nitrogens with one attached hydrogen (secondary N) is 1. The van der Waals surface area contributed by atoms with E-state index in [0.29, 0.717) is 19.5 Å². The van der Waals surface area contributed by atoms with Gasteiger partial charge in [-0.3, -0.25) is 4.79 Å². The van der Waals surface area contributed by atoms with Crippen LogP contribution in [0.3, 0.4) is 0 Å². The number of rotatable bonds is 3. The van der Waals surface area contributed by atoms with Crippen LogP contribution in [0.25, 0.3) is 0 Å². The number of amides is 1. The van der Waals surface area contributed by atoms with Crippen molar-refractivity contribution in [3.05, 3.63) is 29.8 Å². The molecule has 0 radical (unpaired) electrons. The smallest absolute Gasteiger partial charge is 0.239 e. The van der Waals surface area contributed by atoms with Crippen molar-refractivity contribution < 1.29 is 9.90 Å². The Morgan fingerprint density at radius 3 is 2.71 bits per heavy atom. The second-order valence-electron chi connectivity index (χ2n) is 4.29. The van der Waals surface area contributed by atoms with Gasteiger partial charge in [0.15, 0.2) is 0 Å². The number of carbonyl (C=O) groups is 1. The third-order valence-electron chi connectivity index (χ3n) is 3.07. The molecule has 17 heavy (non-hydrogen) atoms. The summed E-state index contributed by atoms with van der Waals surface area (Å²) in [4.78, 5) is 13.3. The fourth-order valence-corrected chi connectivity index (χ4v) is 2.00. The maximum absolute atomic E-state index is 11.3. The lowest BCUT2D eigenvalue weighted by molar-refractivity contribution is -0.120. The molecule has 0 saturated carbocycles. The summed E-state index contributed by atoms with van der Waals surface area (Å²) in [5, 5.41) is 12.5. The van der Waals surface area contributed by atoms with Crippen LogP contribution >= 0.6 is 0 Å². The van der Waals surface area contributed by atoms with Crippen molar-refractivity contribution in [1.82, 2.24) is 5.32 Å². The monoisotopic (exact) mass is 234 g/mol. The number of hydrogen-bond donors (Lipinski definition) is 2. The van der Waals surface area contributed by atoms with Crippen LogP contribution in [0.1, 0.15) is 25.0 Å². The van der Waals surface area contributed by atoms with E-state index in [9.17, 15) is 9.90 Å². The summed E-state index contributed by atoms with van der Waals surface area (Å²) in [6.07, 6.45) is 0.319. The third-order valence-corrected chi connectivity index (χ3v) is 3.07. The Bertz CT molecular complexity index is 389. The zero-order valence-electron chi connectivity index (χ0n) is 10.0. The quantitative estimate of drug-likeness (QED) is 0.822. The van der Waals surface area contributed by atoms with E-state index < -0.39 is 6.10 Å². The molecule has 1 saturated heterocycles. The van der Waals surface area contributed by atoms with Crippen molar-refractivity contribution in [2.75, 3.05) is 24.5 Å². The predicted octanol–water partition coefficient (Wildman–Crippen LogP) is 1.07. The number of nitrogens with zero attached hydrogens (tertiary/aromatic N) is 1. The van der Waals surface area contributed by atoms with E-state index in [1.165, 1.54) is 0 Å². The summed E-state index contributed by atoms with van der Waals surface area (Å²) in [6.45, 7) is 3.89. The number of anilines is 1. The molecule has 0 aliphatic carbocycles. The maximum Gasteiger partial charge on any atom is 0.239 e. The summed E-state index contributed by atoms with van der Waals surface area (Å²) in [5.74, 6) is 0.0638. The second kappa shape index (κ2) is 5.19. The van der Waals surface area contributed by atoms with Crippen molar-refractivity contribution in [3.8, 4) is 0 Å². The lowest BCUT2D eigenvalue weighted by Gasteiger charge is -2.28. The molecule has 2 N–H and O–H groups in total. The van der Waals surface area contributed by atoms with Gasteiger partial charge in [-0.1, -0.05) is 19.1 Å². The van der Waals surface area contributed by atoms with Crippen LogP contribution in [0, 0.1) is 0 Å². The van der Waals surface area contributed by atoms with Gasteiger partial charge in [-0.05, 0) is 24.1 Å². The highest BCUT2D eigenvalue weighted by Gasteiger charge is 2.16. The highest BCUT2D eigenvalue weighted by molar-refractivity contribution is 5.82. The van der Waals surface area contributed by atoms with E-state index in [4.69, 9.17) is 0 Å². The van der Waals surface area contributed by atoms with E-state index in [1.54, 1.807) is 0 Å². The van der Waals surface area contributed by atoms with Gasteiger partial charge < -0.3 is 15.3 Å². The Morgan fingerprint density at radius 1 is 1.41 bits per heavy atom. The van der Waals surface area contributed by atoms with Crippen LogP contribution in [-0.2, 0) is 4.79 Å². The Hall–Kier alpha value is -1.55. The minimum absolute atomic E-state index is 0.0638. The van der Waals surface area contributed by atoms with Gasteiger partial charge in [0.05, 0.1) is 12.6 Å². The first-order valence-corrected chi connectivity index (χ1v) is 6.00. The Balaban J connectivity index is 2.09. The van der Waals surface area contributed by atoms with Gasteiger partial charge in [0.2, 0.25) is 5.91 Å². The van der Waals surface area contributed by atoms with Gasteiger partial charge in [0.1, 0.15) is 0 Å². The fourth-order valence-electron chi connectivity index (χ4n) is 2.00. The van der Waals surface area contributed by atoms with E-state index in [1.807, 2.05) is 36.1 Å². The summed E-state index contributed by atoms with van der Waals surface area (Å²) >= 11 is 0. The molecule has 4 heteroatoms. The van der Waals surface area contributed by atoms with Gasteiger partial charge in [0, 0.05) is 18.8 Å². The van der Waals surface area contributed by atoms with E-state index in [0.717, 1.165) is 17.8 Å². The van der Waals surface area contributed by atoms with Gasteiger partial charge in [-0.15, -0.1) is 0 Å². The molecule has 1 aromatic carbocycles. The molecule has 1 aromatic rings. The zero-order valence-corrected chi connectivity index (χ0v) is 10.0. The molecule has 1 fully saturated rings. The van der Waals surface area contributed by atoms with Crippen molar-refractivity contribution >= 4 is 11.6 Å². The molecule has 1 unspecified atom stereocenters. The van der Waals surface area contributed by atoms with Crippen LogP contribution in [0.2, 0.25) is 0 Å². The van der Waals surface area contributed by atoms with Crippen LogP contribution in [0.5, 0.6) is 0 Å². The highest BCUT2D eigenvalue weighted by atomic mass is 16.3. The molecular weight excluding hydrogens is 216 g/mol. The number of hydrogen-bond acceptors (Lipinski definition) is 3. The number of carbonyl (C=O) groups excluding carboxylic acids is 1. The predicted molar refractivity (Wildman–Crippen MR) is 66.9 cm³/mol. The lowest BCUT2D eigenvalue weighted by atomic mass is 10.1. The SMILES string of the molecule is CCC(O)c1ccc(N2CCNC(=O)C2)cc1. The molecule has 2 rings (SSSR count). The molecule has 1 aliphatic rings. The largest absolute Gasteiger partial charge is 0.388 e. The Labute approximate surface area is 101 Å². The Kier molecular flexibility index (Phi) is 3.64. The van der Waals surface area contributed by atoms with Gasteiger partial charge in [-0.2, -0.15) is 0 Å². The van der Waals surface area contributed by atoms with Crippen LogP contribution in [0.15, 0.2) is 24.3 Å². The lowest BCUT2D eigenvalue weighted by Crippen LogP contribution is -2.47. The highest BCUT2D eigenvalue weighted by Crippen LogP contribution is 2.21. The molecule has 4 nitrogen and oxygen atoms in total. The standard InChI is InChI=1S/C13H18N2O2/c1-2-12(16)10-3-5-11(6-4-10)15-8-7-14-13(17)9-15/h3-6,12,16H,2,7-9H2,1H3,(H,14,17). The maximum atomic E-state index is 11.3. The summed E-state index contributed by atoms with van der Waals surface area (Å²) in [5.41, 5.74) is 1.96. The normalized spacial score (nSPS) is 17.8. The zero-order chi connectivity index (χ0) is 12.3. The third kappa shape index (κ3) is 2.77. The summed E-state index contributed by atoms with van der Waals surface area (Å²) < 4.78 is 0. The van der Waals surface area contributed by atoms with Crippen molar-refractivity contribution in [2.24, 2.45) is 0 Å². The molecule has 1 aliphatic heterocycles. The number of piperazine rings is 1. The minimum atomic E-state index is -0.395. The first-order chi connectivity index (χ1) is 8.20. The van der Waals surface area contributed by atoms with Crippen molar-refractivity contribution in [3.63, 3.8) is 0 Å². The molecule has 1 atom stereocenters. The van der Waals surface area contributed by atoms with Gasteiger partial charge in [0.25, 0.3) is 0 Å². The first-order valence-electron chi connectivity index (χ1n) is 6.00. The summed E-state index contributed by atoms with van der Waals surface area (Å²) in [6, 6.07) is 7.78. The molecule has 0 bridgehead atoms. The average Bonchev–Trinajstić information content (AvgIpc) is 2.38. The van der Waals surface area contributed by atoms with Crippen LogP contribution in [0.4, 0.5) is 5.69 Å². The molecule has 1 amide bonds. The fraction of sp³-hybridized carbons (Fsp3) is 0.462. The van der Waals surface area contributed by atoms with E-state index in [2.05, 4.69) is 5.32 Å².